The third-order valence-corrected chi connectivity index (χ3v) is 2.90. The van der Waals surface area contributed by atoms with Crippen molar-refractivity contribution in [2.75, 3.05) is 0 Å². The van der Waals surface area contributed by atoms with Crippen LogP contribution < -0.4 is 0 Å². The van der Waals surface area contributed by atoms with E-state index < -0.39 is 0 Å². The molecule has 0 bridgehead atoms. The summed E-state index contributed by atoms with van der Waals surface area (Å²) < 4.78 is 0. The van der Waals surface area contributed by atoms with Crippen molar-refractivity contribution in [2.45, 2.75) is 26.2 Å². The summed E-state index contributed by atoms with van der Waals surface area (Å²) in [5, 5.41) is 9.21. The molecule has 0 fully saturated rings. The molecule has 0 heterocycles. The molecule has 0 atom stereocenters. The van der Waals surface area contributed by atoms with Crippen LogP contribution in [0.2, 0.25) is 0 Å². The Balaban J connectivity index is 2.01. The van der Waals surface area contributed by atoms with Crippen molar-refractivity contribution in [1.82, 2.24) is 0 Å². The van der Waals surface area contributed by atoms with Gasteiger partial charge in [0.2, 0.25) is 0 Å². The number of rotatable bonds is 3. The Hall–Kier alpha value is -1.76. The van der Waals surface area contributed by atoms with E-state index in [2.05, 4.69) is 31.2 Å². The molecule has 17 heavy (non-hydrogen) atoms. The molecule has 1 N–H and O–H groups in total. The fourth-order valence-corrected chi connectivity index (χ4v) is 2.06. The molecule has 1 aliphatic carbocycles. The second-order valence-electron chi connectivity index (χ2n) is 4.53. The summed E-state index contributed by atoms with van der Waals surface area (Å²) in [4.78, 5) is 0. The van der Waals surface area contributed by atoms with Gasteiger partial charge in [0.05, 0.1) is 0 Å². The van der Waals surface area contributed by atoms with Crippen molar-refractivity contribution in [3.63, 3.8) is 0 Å². The minimum atomic E-state index is 0.319. The van der Waals surface area contributed by atoms with E-state index in [1.807, 2.05) is 12.1 Å². The molecular formula is C16H18O. The lowest BCUT2D eigenvalue weighted by atomic mass is 9.98. The average Bonchev–Trinajstić information content (AvgIpc) is 2.33. The van der Waals surface area contributed by atoms with E-state index in [4.69, 9.17) is 0 Å². The lowest BCUT2D eigenvalue weighted by molar-refractivity contribution is 0.475. The third kappa shape index (κ3) is 3.63. The standard InChI is InChI=1S/C16H18O/c1-13(11-14-5-3-2-4-6-14)12-15-7-9-16(17)10-8-15/h2-3,6-10,12,17H,4-5,11H2,1H3. The van der Waals surface area contributed by atoms with Crippen LogP contribution in [-0.2, 0) is 0 Å². The summed E-state index contributed by atoms with van der Waals surface area (Å²) in [5.74, 6) is 0.319. The van der Waals surface area contributed by atoms with Gasteiger partial charge in [0.1, 0.15) is 5.75 Å². The van der Waals surface area contributed by atoms with Crippen molar-refractivity contribution < 1.29 is 5.11 Å². The summed E-state index contributed by atoms with van der Waals surface area (Å²) in [6.45, 7) is 2.16. The quantitative estimate of drug-likeness (QED) is 0.754. The molecule has 0 radical (unpaired) electrons. The first-order chi connectivity index (χ1) is 8.24. The number of allylic oxidation sites excluding steroid dienone is 5. The van der Waals surface area contributed by atoms with E-state index in [1.54, 1.807) is 12.1 Å². The van der Waals surface area contributed by atoms with Gasteiger partial charge in [-0.2, -0.15) is 0 Å². The van der Waals surface area contributed by atoms with Crippen molar-refractivity contribution in [3.05, 3.63) is 59.2 Å². The second-order valence-corrected chi connectivity index (χ2v) is 4.53. The molecule has 1 aliphatic rings. The maximum atomic E-state index is 9.21. The Morgan fingerprint density at radius 3 is 2.65 bits per heavy atom. The highest BCUT2D eigenvalue weighted by Crippen LogP contribution is 2.21. The topological polar surface area (TPSA) is 20.2 Å². The lowest BCUT2D eigenvalue weighted by Gasteiger charge is -2.08. The maximum Gasteiger partial charge on any atom is 0.115 e. The van der Waals surface area contributed by atoms with Crippen molar-refractivity contribution >= 4 is 6.08 Å². The van der Waals surface area contributed by atoms with E-state index in [0.717, 1.165) is 24.8 Å². The van der Waals surface area contributed by atoms with Crippen LogP contribution >= 0.6 is 0 Å². The van der Waals surface area contributed by atoms with Crippen LogP contribution in [0.25, 0.3) is 6.08 Å². The molecule has 1 aromatic carbocycles. The number of hydrogen-bond donors (Lipinski definition) is 1. The summed E-state index contributed by atoms with van der Waals surface area (Å²) in [5.41, 5.74) is 4.00. The summed E-state index contributed by atoms with van der Waals surface area (Å²) in [7, 11) is 0. The van der Waals surface area contributed by atoms with Crippen LogP contribution in [0.15, 0.2) is 53.6 Å². The van der Waals surface area contributed by atoms with Gasteiger partial charge < -0.3 is 5.11 Å². The zero-order valence-corrected chi connectivity index (χ0v) is 10.2. The van der Waals surface area contributed by atoms with Gasteiger partial charge in [-0.1, -0.05) is 47.6 Å². The van der Waals surface area contributed by atoms with Crippen LogP contribution in [0.1, 0.15) is 31.7 Å². The predicted molar refractivity (Wildman–Crippen MR) is 72.8 cm³/mol. The summed E-state index contributed by atoms with van der Waals surface area (Å²) >= 11 is 0. The molecule has 0 saturated carbocycles. The summed E-state index contributed by atoms with van der Waals surface area (Å²) in [6.07, 6.45) is 12.1. The molecule has 0 saturated heterocycles. The lowest BCUT2D eigenvalue weighted by Crippen LogP contribution is -1.88. The molecule has 2 rings (SSSR count). The SMILES string of the molecule is CC(=Cc1ccc(O)cc1)CC1=CCC=CC1. The van der Waals surface area contributed by atoms with E-state index >= 15 is 0 Å². The van der Waals surface area contributed by atoms with E-state index in [0.29, 0.717) is 5.75 Å². The van der Waals surface area contributed by atoms with Gasteiger partial charge in [-0.25, -0.2) is 0 Å². The highest BCUT2D eigenvalue weighted by molar-refractivity contribution is 5.54. The van der Waals surface area contributed by atoms with Gasteiger partial charge in [-0.15, -0.1) is 0 Å². The normalized spacial score (nSPS) is 15.8. The molecule has 0 spiro atoms. The Bertz CT molecular complexity index is 461. The Morgan fingerprint density at radius 1 is 1.24 bits per heavy atom. The fourth-order valence-electron chi connectivity index (χ4n) is 2.06. The van der Waals surface area contributed by atoms with Gasteiger partial charge >= 0.3 is 0 Å². The monoisotopic (exact) mass is 226 g/mol. The first kappa shape index (κ1) is 11.7. The molecule has 1 heteroatoms. The largest absolute Gasteiger partial charge is 0.508 e. The van der Waals surface area contributed by atoms with Crippen LogP contribution in [0.3, 0.4) is 0 Å². The fraction of sp³-hybridized carbons (Fsp3) is 0.250. The molecule has 88 valence electrons. The maximum absolute atomic E-state index is 9.21. The van der Waals surface area contributed by atoms with Gasteiger partial charge in [0, 0.05) is 0 Å². The van der Waals surface area contributed by atoms with Gasteiger partial charge in [-0.05, 0) is 43.9 Å². The number of benzene rings is 1. The third-order valence-electron chi connectivity index (χ3n) is 2.90. The number of phenols is 1. The number of hydrogen-bond acceptors (Lipinski definition) is 1. The number of aromatic hydroxyl groups is 1. The van der Waals surface area contributed by atoms with E-state index in [-0.39, 0.29) is 0 Å². The van der Waals surface area contributed by atoms with Crippen LogP contribution in [0.5, 0.6) is 5.75 Å². The highest BCUT2D eigenvalue weighted by Gasteiger charge is 2.00. The van der Waals surface area contributed by atoms with Crippen molar-refractivity contribution in [3.8, 4) is 5.75 Å². The minimum Gasteiger partial charge on any atom is -0.508 e. The van der Waals surface area contributed by atoms with Crippen LogP contribution in [0.4, 0.5) is 0 Å². The zero-order valence-electron chi connectivity index (χ0n) is 10.2. The minimum absolute atomic E-state index is 0.319. The molecule has 0 aliphatic heterocycles. The molecule has 1 nitrogen and oxygen atoms in total. The van der Waals surface area contributed by atoms with Crippen LogP contribution in [-0.4, -0.2) is 5.11 Å². The van der Waals surface area contributed by atoms with Gasteiger partial charge in [0.15, 0.2) is 0 Å². The van der Waals surface area contributed by atoms with E-state index in [1.165, 1.54) is 11.1 Å². The average molecular weight is 226 g/mol. The van der Waals surface area contributed by atoms with Crippen molar-refractivity contribution in [1.29, 1.82) is 0 Å². The Labute approximate surface area is 103 Å². The Kier molecular flexibility index (Phi) is 3.81. The molecular weight excluding hydrogens is 208 g/mol. The highest BCUT2D eigenvalue weighted by atomic mass is 16.3. The molecule has 0 amide bonds. The first-order valence-corrected chi connectivity index (χ1v) is 6.03. The molecule has 0 unspecified atom stereocenters. The van der Waals surface area contributed by atoms with Gasteiger partial charge in [0.25, 0.3) is 0 Å². The zero-order chi connectivity index (χ0) is 12.1. The van der Waals surface area contributed by atoms with Crippen molar-refractivity contribution in [2.24, 2.45) is 0 Å². The second kappa shape index (κ2) is 5.53. The molecule has 0 aromatic heterocycles. The van der Waals surface area contributed by atoms with Crippen LogP contribution in [0, 0.1) is 0 Å². The van der Waals surface area contributed by atoms with Gasteiger partial charge in [-0.3, -0.25) is 0 Å². The summed E-state index contributed by atoms with van der Waals surface area (Å²) in [6, 6.07) is 7.32. The number of phenolic OH excluding ortho intramolecular Hbond substituents is 1. The Morgan fingerprint density at radius 2 is 2.00 bits per heavy atom. The smallest absolute Gasteiger partial charge is 0.115 e. The van der Waals surface area contributed by atoms with E-state index in [9.17, 15) is 5.11 Å². The molecule has 1 aromatic rings. The first-order valence-electron chi connectivity index (χ1n) is 6.03. The predicted octanol–water partition coefficient (Wildman–Crippen LogP) is 4.46.